The predicted molar refractivity (Wildman–Crippen MR) is 95.2 cm³/mol. The van der Waals surface area contributed by atoms with E-state index in [1.807, 2.05) is 30.3 Å². The second-order valence-corrected chi connectivity index (χ2v) is 6.38. The fourth-order valence-electron chi connectivity index (χ4n) is 3.03. The summed E-state index contributed by atoms with van der Waals surface area (Å²) in [5.74, 6) is 1.51. The van der Waals surface area contributed by atoms with Gasteiger partial charge in [-0.15, -0.1) is 0 Å². The van der Waals surface area contributed by atoms with Crippen molar-refractivity contribution in [2.24, 2.45) is 0 Å². The van der Waals surface area contributed by atoms with Crippen LogP contribution in [0.4, 0.5) is 0 Å². The van der Waals surface area contributed by atoms with E-state index in [9.17, 15) is 4.79 Å². The molecule has 2 aromatic rings. The molecule has 1 N–H and O–H groups in total. The van der Waals surface area contributed by atoms with Gasteiger partial charge in [-0.2, -0.15) is 0 Å². The first-order valence-corrected chi connectivity index (χ1v) is 8.83. The van der Waals surface area contributed by atoms with Gasteiger partial charge in [-0.1, -0.05) is 18.0 Å². The van der Waals surface area contributed by atoms with Crippen molar-refractivity contribution >= 4 is 5.91 Å². The van der Waals surface area contributed by atoms with E-state index in [1.165, 1.54) is 25.7 Å². The molecule has 1 aromatic heterocycles. The van der Waals surface area contributed by atoms with E-state index >= 15 is 0 Å². The minimum Gasteiger partial charge on any atom is -0.497 e. The van der Waals surface area contributed by atoms with Crippen molar-refractivity contribution in [1.82, 2.24) is 15.4 Å². The number of hydrogen-bond acceptors (Lipinski definition) is 5. The molecule has 0 saturated carbocycles. The fraction of sp³-hybridized carbons (Fsp3) is 0.474. The van der Waals surface area contributed by atoms with E-state index in [0.717, 1.165) is 30.1 Å². The number of ether oxygens (including phenoxy) is 1. The molecule has 2 heterocycles. The molecule has 0 atom stereocenters. The van der Waals surface area contributed by atoms with Crippen molar-refractivity contribution in [3.63, 3.8) is 0 Å². The Kier molecular flexibility index (Phi) is 6.06. The summed E-state index contributed by atoms with van der Waals surface area (Å²) in [6.07, 6.45) is 4.90. The summed E-state index contributed by atoms with van der Waals surface area (Å²) in [6, 6.07) is 9.44. The number of methoxy groups -OCH3 is 1. The van der Waals surface area contributed by atoms with Crippen molar-refractivity contribution in [3.8, 4) is 17.1 Å². The lowest BCUT2D eigenvalue weighted by atomic mass is 10.1. The highest BCUT2D eigenvalue weighted by Gasteiger charge is 2.13. The largest absolute Gasteiger partial charge is 0.497 e. The lowest BCUT2D eigenvalue weighted by molar-refractivity contribution is -0.122. The Morgan fingerprint density at radius 3 is 2.60 bits per heavy atom. The SMILES string of the molecule is COc1ccc(-c2cc(CNC(=O)CN3CCCCCC3)no2)cc1. The monoisotopic (exact) mass is 343 g/mol. The van der Waals surface area contributed by atoms with Crippen LogP contribution in [0.15, 0.2) is 34.9 Å². The van der Waals surface area contributed by atoms with Crippen LogP contribution in [0.3, 0.4) is 0 Å². The molecule has 1 saturated heterocycles. The van der Waals surface area contributed by atoms with Gasteiger partial charge in [-0.05, 0) is 50.2 Å². The van der Waals surface area contributed by atoms with E-state index < -0.39 is 0 Å². The first kappa shape index (κ1) is 17.5. The highest BCUT2D eigenvalue weighted by atomic mass is 16.5. The third kappa shape index (κ3) is 5.06. The topological polar surface area (TPSA) is 67.6 Å². The predicted octanol–water partition coefficient (Wildman–Crippen LogP) is 2.84. The number of rotatable bonds is 6. The Morgan fingerprint density at radius 2 is 1.92 bits per heavy atom. The number of amides is 1. The van der Waals surface area contributed by atoms with E-state index in [4.69, 9.17) is 9.26 Å². The molecule has 1 fully saturated rings. The summed E-state index contributed by atoms with van der Waals surface area (Å²) in [5, 5.41) is 6.96. The number of nitrogens with one attached hydrogen (secondary N) is 1. The number of carbonyl (C=O) groups excluding carboxylic acids is 1. The molecule has 1 amide bonds. The van der Waals surface area contributed by atoms with Gasteiger partial charge >= 0.3 is 0 Å². The standard InChI is InChI=1S/C19H25N3O3/c1-24-17-8-6-15(7-9-17)18-12-16(21-25-18)13-20-19(23)14-22-10-4-2-3-5-11-22/h6-9,12H,2-5,10-11,13-14H2,1H3,(H,20,23). The second-order valence-electron chi connectivity index (χ2n) is 6.38. The van der Waals surface area contributed by atoms with Crippen molar-refractivity contribution < 1.29 is 14.1 Å². The lowest BCUT2D eigenvalue weighted by Crippen LogP contribution is -2.37. The molecule has 25 heavy (non-hydrogen) atoms. The molecule has 0 bridgehead atoms. The minimum atomic E-state index is 0.0379. The number of benzene rings is 1. The number of aromatic nitrogens is 1. The zero-order valence-corrected chi connectivity index (χ0v) is 14.7. The van der Waals surface area contributed by atoms with Crippen molar-refractivity contribution in [1.29, 1.82) is 0 Å². The molecule has 1 aromatic carbocycles. The van der Waals surface area contributed by atoms with Gasteiger partial charge in [0.25, 0.3) is 0 Å². The molecule has 0 spiro atoms. The first-order valence-electron chi connectivity index (χ1n) is 8.83. The molecule has 0 aliphatic carbocycles. The molecule has 134 valence electrons. The van der Waals surface area contributed by atoms with E-state index in [2.05, 4.69) is 15.4 Å². The number of hydrogen-bond donors (Lipinski definition) is 1. The van der Waals surface area contributed by atoms with Crippen LogP contribution in [0.5, 0.6) is 5.75 Å². The Bertz CT molecular complexity index is 673. The Balaban J connectivity index is 1.49. The van der Waals surface area contributed by atoms with E-state index in [-0.39, 0.29) is 5.91 Å². The normalized spacial score (nSPS) is 15.6. The van der Waals surface area contributed by atoms with Crippen LogP contribution in [0.25, 0.3) is 11.3 Å². The Morgan fingerprint density at radius 1 is 1.20 bits per heavy atom. The van der Waals surface area contributed by atoms with Gasteiger partial charge in [0.2, 0.25) is 5.91 Å². The maximum Gasteiger partial charge on any atom is 0.234 e. The summed E-state index contributed by atoms with van der Waals surface area (Å²) in [4.78, 5) is 14.3. The molecule has 1 aliphatic heterocycles. The van der Waals surface area contributed by atoms with Gasteiger partial charge in [0, 0.05) is 11.6 Å². The van der Waals surface area contributed by atoms with Gasteiger partial charge < -0.3 is 14.6 Å². The van der Waals surface area contributed by atoms with Gasteiger partial charge in [0.1, 0.15) is 11.4 Å². The summed E-state index contributed by atoms with van der Waals surface area (Å²) in [7, 11) is 1.63. The van der Waals surface area contributed by atoms with E-state index in [1.54, 1.807) is 7.11 Å². The van der Waals surface area contributed by atoms with Crippen LogP contribution >= 0.6 is 0 Å². The summed E-state index contributed by atoms with van der Waals surface area (Å²) in [6.45, 7) is 2.87. The molecular formula is C19H25N3O3. The third-order valence-corrected chi connectivity index (χ3v) is 4.47. The maximum atomic E-state index is 12.1. The third-order valence-electron chi connectivity index (χ3n) is 4.47. The number of nitrogens with zero attached hydrogens (tertiary/aromatic N) is 2. The second kappa shape index (κ2) is 8.67. The fourth-order valence-corrected chi connectivity index (χ4v) is 3.03. The molecule has 3 rings (SSSR count). The van der Waals surface area contributed by atoms with Crippen molar-refractivity contribution in [2.75, 3.05) is 26.7 Å². The van der Waals surface area contributed by atoms with Gasteiger partial charge in [0.15, 0.2) is 5.76 Å². The number of likely N-dealkylation sites (tertiary alicyclic amines) is 1. The Labute approximate surface area is 148 Å². The van der Waals surface area contributed by atoms with Crippen LogP contribution in [0.2, 0.25) is 0 Å². The highest BCUT2D eigenvalue weighted by molar-refractivity contribution is 5.78. The molecule has 6 nitrogen and oxygen atoms in total. The van der Waals surface area contributed by atoms with Crippen LogP contribution in [0, 0.1) is 0 Å². The number of carbonyl (C=O) groups is 1. The summed E-state index contributed by atoms with van der Waals surface area (Å²) in [5.41, 5.74) is 1.64. The first-order chi connectivity index (χ1) is 12.2. The maximum absolute atomic E-state index is 12.1. The van der Waals surface area contributed by atoms with Crippen LogP contribution in [-0.4, -0.2) is 42.7 Å². The summed E-state index contributed by atoms with van der Waals surface area (Å²) < 4.78 is 10.5. The highest BCUT2D eigenvalue weighted by Crippen LogP contribution is 2.23. The average molecular weight is 343 g/mol. The smallest absolute Gasteiger partial charge is 0.234 e. The quantitative estimate of drug-likeness (QED) is 0.873. The van der Waals surface area contributed by atoms with E-state index in [0.29, 0.717) is 18.8 Å². The van der Waals surface area contributed by atoms with Crippen LogP contribution < -0.4 is 10.1 Å². The van der Waals surface area contributed by atoms with Gasteiger partial charge in [-0.25, -0.2) is 0 Å². The van der Waals surface area contributed by atoms with Crippen LogP contribution in [0.1, 0.15) is 31.4 Å². The minimum absolute atomic E-state index is 0.0379. The lowest BCUT2D eigenvalue weighted by Gasteiger charge is -2.18. The van der Waals surface area contributed by atoms with Crippen molar-refractivity contribution in [2.45, 2.75) is 32.2 Å². The molecule has 0 radical (unpaired) electrons. The zero-order chi connectivity index (χ0) is 17.5. The Hall–Kier alpha value is -2.34. The molecule has 1 aliphatic rings. The van der Waals surface area contributed by atoms with Crippen LogP contribution in [-0.2, 0) is 11.3 Å². The molecular weight excluding hydrogens is 318 g/mol. The van der Waals surface area contributed by atoms with Gasteiger partial charge in [-0.3, -0.25) is 9.69 Å². The van der Waals surface area contributed by atoms with Gasteiger partial charge in [0.05, 0.1) is 20.2 Å². The average Bonchev–Trinajstić information content (AvgIpc) is 2.97. The molecule has 0 unspecified atom stereocenters. The summed E-state index contributed by atoms with van der Waals surface area (Å²) >= 11 is 0. The molecule has 6 heteroatoms. The zero-order valence-electron chi connectivity index (χ0n) is 14.7. The van der Waals surface area contributed by atoms with Crippen molar-refractivity contribution in [3.05, 3.63) is 36.0 Å².